The molecule has 36 heavy (non-hydrogen) atoms. The molecule has 7 heteroatoms. The maximum atomic E-state index is 10.7. The maximum absolute atomic E-state index is 10.7. The summed E-state index contributed by atoms with van der Waals surface area (Å²) in [5.41, 5.74) is 7.78. The van der Waals surface area contributed by atoms with E-state index >= 15 is 0 Å². The maximum Gasteiger partial charge on any atom is 0.169 e. The molecule has 0 radical (unpaired) electrons. The van der Waals surface area contributed by atoms with Crippen molar-refractivity contribution < 1.29 is 9.84 Å². The number of aromatic nitrogens is 1. The molecule has 0 amide bonds. The van der Waals surface area contributed by atoms with Crippen LogP contribution in [0, 0.1) is 12.8 Å². The van der Waals surface area contributed by atoms with E-state index in [1.54, 1.807) is 7.11 Å². The summed E-state index contributed by atoms with van der Waals surface area (Å²) in [7, 11) is 3.75. The van der Waals surface area contributed by atoms with Crippen LogP contribution in [0.2, 0.25) is 0 Å². The molecule has 3 N–H and O–H groups in total. The summed E-state index contributed by atoms with van der Waals surface area (Å²) >= 11 is 5.73. The molecule has 6 nitrogen and oxygen atoms in total. The third kappa shape index (κ3) is 4.65. The van der Waals surface area contributed by atoms with Crippen molar-refractivity contribution in [2.75, 3.05) is 40.4 Å². The summed E-state index contributed by atoms with van der Waals surface area (Å²) in [5.74, 6) is 0.127. The van der Waals surface area contributed by atoms with Crippen molar-refractivity contribution >= 4 is 28.2 Å². The number of aryl methyl sites for hydroxylation is 1. The van der Waals surface area contributed by atoms with E-state index in [2.05, 4.69) is 76.5 Å². The van der Waals surface area contributed by atoms with E-state index < -0.39 is 6.10 Å². The standard InChI is InChI=1S/C29H38N4O2S/c1-18-7-5-8-20(15-18)21-9-6-10-22-23-11-13-33-17-24(19(2)34)25(16-26(33)28(23)31-27(21)22)32(3)29(36)30-12-14-35-4/h5-10,15,19,24-26,31,34H,11-14,16-17H2,1-4H3,(H,30,36)/t19-,24-,25-,26-/m0/s1. The van der Waals surface area contributed by atoms with E-state index in [9.17, 15) is 5.11 Å². The van der Waals surface area contributed by atoms with Gasteiger partial charge in [-0.1, -0.05) is 48.0 Å². The Morgan fingerprint density at radius 3 is 2.86 bits per heavy atom. The largest absolute Gasteiger partial charge is 0.393 e. The molecule has 2 aliphatic rings. The number of aliphatic hydroxyl groups is 1. The number of benzene rings is 2. The summed E-state index contributed by atoms with van der Waals surface area (Å²) < 4.78 is 5.17. The van der Waals surface area contributed by atoms with Gasteiger partial charge in [0, 0.05) is 62.4 Å². The number of aromatic amines is 1. The second kappa shape index (κ2) is 10.5. The monoisotopic (exact) mass is 506 g/mol. The van der Waals surface area contributed by atoms with Crippen molar-refractivity contribution in [3.8, 4) is 11.1 Å². The number of H-pyrrole nitrogens is 1. The minimum absolute atomic E-state index is 0.127. The number of fused-ring (bicyclic) bond motifs is 5. The van der Waals surface area contributed by atoms with Gasteiger partial charge in [-0.2, -0.15) is 0 Å². The van der Waals surface area contributed by atoms with E-state index in [4.69, 9.17) is 17.0 Å². The van der Waals surface area contributed by atoms with Gasteiger partial charge in [0.1, 0.15) is 0 Å². The molecule has 1 aromatic heterocycles. The Labute approximate surface area is 219 Å². The summed E-state index contributed by atoms with van der Waals surface area (Å²) in [6, 6.07) is 15.8. The van der Waals surface area contributed by atoms with Gasteiger partial charge < -0.3 is 25.0 Å². The molecule has 0 spiro atoms. The first-order valence-corrected chi connectivity index (χ1v) is 13.4. The topological polar surface area (TPSA) is 63.8 Å². The lowest BCUT2D eigenvalue weighted by Gasteiger charge is -2.50. The lowest BCUT2D eigenvalue weighted by molar-refractivity contribution is -0.0138. The third-order valence-electron chi connectivity index (χ3n) is 8.15. The Morgan fingerprint density at radius 2 is 2.11 bits per heavy atom. The van der Waals surface area contributed by atoms with E-state index in [0.29, 0.717) is 18.3 Å². The van der Waals surface area contributed by atoms with Gasteiger partial charge in [-0.05, 0) is 50.0 Å². The minimum Gasteiger partial charge on any atom is -0.393 e. The van der Waals surface area contributed by atoms with Crippen LogP contribution in [0.15, 0.2) is 42.5 Å². The Hall–Kier alpha value is -2.45. The average molecular weight is 507 g/mol. The molecule has 0 aliphatic carbocycles. The number of ether oxygens (including phenoxy) is 1. The van der Waals surface area contributed by atoms with Crippen LogP contribution in [-0.2, 0) is 11.2 Å². The fourth-order valence-electron chi connectivity index (χ4n) is 6.23. The van der Waals surface area contributed by atoms with Gasteiger partial charge in [0.25, 0.3) is 0 Å². The van der Waals surface area contributed by atoms with Crippen LogP contribution in [0.25, 0.3) is 22.0 Å². The number of piperidine rings is 1. The molecule has 1 fully saturated rings. The number of methoxy groups -OCH3 is 1. The number of nitrogens with one attached hydrogen (secondary N) is 2. The predicted molar refractivity (Wildman–Crippen MR) is 150 cm³/mol. The minimum atomic E-state index is -0.405. The predicted octanol–water partition coefficient (Wildman–Crippen LogP) is 4.26. The number of para-hydroxylation sites is 1. The average Bonchev–Trinajstić information content (AvgIpc) is 3.26. The van der Waals surface area contributed by atoms with E-state index in [0.717, 1.165) is 25.9 Å². The van der Waals surface area contributed by atoms with E-state index in [1.807, 2.05) is 6.92 Å². The molecule has 0 bridgehead atoms. The molecular weight excluding hydrogens is 468 g/mol. The SMILES string of the molecule is COCCNC(=S)N(C)[C@H]1C[C@H]2c3[nH]c4c(-c5cccc(C)c5)cccc4c3CCN2C[C@H]1[C@H](C)O. The fraction of sp³-hybridized carbons (Fsp3) is 0.483. The Bertz CT molecular complexity index is 1240. The van der Waals surface area contributed by atoms with Crippen LogP contribution in [0.1, 0.15) is 36.2 Å². The summed E-state index contributed by atoms with van der Waals surface area (Å²) in [4.78, 5) is 8.61. The van der Waals surface area contributed by atoms with Gasteiger partial charge >= 0.3 is 0 Å². The number of aliphatic hydroxyl groups excluding tert-OH is 1. The smallest absolute Gasteiger partial charge is 0.169 e. The Balaban J connectivity index is 1.49. The van der Waals surface area contributed by atoms with Crippen molar-refractivity contribution in [3.05, 3.63) is 59.3 Å². The zero-order valence-electron chi connectivity index (χ0n) is 21.8. The van der Waals surface area contributed by atoms with Gasteiger partial charge in [0.2, 0.25) is 0 Å². The van der Waals surface area contributed by atoms with Gasteiger partial charge in [0.15, 0.2) is 5.11 Å². The summed E-state index contributed by atoms with van der Waals surface area (Å²) in [6.45, 7) is 7.21. The van der Waals surface area contributed by atoms with Crippen LogP contribution >= 0.6 is 12.2 Å². The molecule has 2 aromatic carbocycles. The molecule has 5 rings (SSSR count). The van der Waals surface area contributed by atoms with Crippen molar-refractivity contribution in [3.63, 3.8) is 0 Å². The lowest BCUT2D eigenvalue weighted by Crippen LogP contribution is -2.58. The van der Waals surface area contributed by atoms with E-state index in [-0.39, 0.29) is 18.0 Å². The first-order chi connectivity index (χ1) is 17.4. The van der Waals surface area contributed by atoms with Crippen LogP contribution in [0.4, 0.5) is 0 Å². The quantitative estimate of drug-likeness (QED) is 0.343. The zero-order chi connectivity index (χ0) is 25.4. The fourth-order valence-corrected chi connectivity index (χ4v) is 6.47. The number of rotatable bonds is 6. The molecule has 2 aliphatic heterocycles. The molecule has 0 unspecified atom stereocenters. The molecule has 3 heterocycles. The molecule has 192 valence electrons. The second-order valence-electron chi connectivity index (χ2n) is 10.4. The van der Waals surface area contributed by atoms with E-state index in [1.165, 1.54) is 38.9 Å². The highest BCUT2D eigenvalue weighted by molar-refractivity contribution is 7.80. The third-order valence-corrected chi connectivity index (χ3v) is 8.58. The Morgan fingerprint density at radius 1 is 1.31 bits per heavy atom. The summed E-state index contributed by atoms with van der Waals surface area (Å²) in [6.07, 6.45) is 1.53. The molecule has 0 saturated carbocycles. The first-order valence-electron chi connectivity index (χ1n) is 13.0. The van der Waals surface area contributed by atoms with Crippen molar-refractivity contribution in [1.82, 2.24) is 20.1 Å². The van der Waals surface area contributed by atoms with Crippen LogP contribution in [-0.4, -0.2) is 77.5 Å². The normalized spacial score (nSPS) is 22.6. The van der Waals surface area contributed by atoms with Crippen LogP contribution in [0.5, 0.6) is 0 Å². The zero-order valence-corrected chi connectivity index (χ0v) is 22.6. The molecule has 4 atom stereocenters. The molecular formula is C29H38N4O2S. The number of hydrogen-bond donors (Lipinski definition) is 3. The van der Waals surface area contributed by atoms with Crippen molar-refractivity contribution in [1.29, 1.82) is 0 Å². The first kappa shape index (κ1) is 25.2. The van der Waals surface area contributed by atoms with Crippen LogP contribution in [0.3, 0.4) is 0 Å². The molecule has 3 aromatic rings. The van der Waals surface area contributed by atoms with Gasteiger partial charge in [-0.3, -0.25) is 4.90 Å². The van der Waals surface area contributed by atoms with Crippen molar-refractivity contribution in [2.24, 2.45) is 5.92 Å². The highest BCUT2D eigenvalue weighted by Gasteiger charge is 2.43. The Kier molecular flexibility index (Phi) is 7.35. The van der Waals surface area contributed by atoms with Gasteiger partial charge in [-0.25, -0.2) is 0 Å². The highest BCUT2D eigenvalue weighted by atomic mass is 32.1. The number of thiocarbonyl (C=S) groups is 1. The number of nitrogens with zero attached hydrogens (tertiary/aromatic N) is 2. The van der Waals surface area contributed by atoms with Crippen LogP contribution < -0.4 is 5.32 Å². The van der Waals surface area contributed by atoms with Crippen molar-refractivity contribution in [2.45, 2.75) is 44.9 Å². The highest BCUT2D eigenvalue weighted by Crippen LogP contribution is 2.44. The van der Waals surface area contributed by atoms with Gasteiger partial charge in [-0.15, -0.1) is 0 Å². The second-order valence-corrected chi connectivity index (χ2v) is 10.8. The summed E-state index contributed by atoms with van der Waals surface area (Å²) in [5, 5.41) is 16.1. The number of hydrogen-bond acceptors (Lipinski definition) is 4. The lowest BCUT2D eigenvalue weighted by atomic mass is 9.80. The molecule has 1 saturated heterocycles. The van der Waals surface area contributed by atoms with Gasteiger partial charge in [0.05, 0.1) is 24.3 Å².